The average Bonchev–Trinajstić information content (AvgIpc) is 2.20. The van der Waals surface area contributed by atoms with Gasteiger partial charge in [-0.25, -0.2) is 0 Å². The lowest BCUT2D eigenvalue weighted by atomic mass is 10.1. The van der Waals surface area contributed by atoms with Crippen LogP contribution in [0.15, 0.2) is 18.2 Å². The van der Waals surface area contributed by atoms with Gasteiger partial charge in [-0.05, 0) is 31.5 Å². The number of ether oxygens (including phenoxy) is 1. The second-order valence-corrected chi connectivity index (χ2v) is 3.45. The van der Waals surface area contributed by atoms with Crippen molar-refractivity contribution < 1.29 is 4.74 Å². The Labute approximate surface area is 85.3 Å². The van der Waals surface area contributed by atoms with E-state index in [4.69, 9.17) is 10.5 Å². The third-order valence-corrected chi connectivity index (χ3v) is 2.36. The monoisotopic (exact) mass is 194 g/mol. The quantitative estimate of drug-likeness (QED) is 0.721. The van der Waals surface area contributed by atoms with E-state index in [-0.39, 0.29) is 6.10 Å². The molecule has 0 radical (unpaired) electrons. The molecule has 1 atom stereocenters. The molecular weight excluding hydrogens is 176 g/mol. The van der Waals surface area contributed by atoms with Crippen molar-refractivity contribution in [3.63, 3.8) is 0 Å². The standard InChI is InChI=1S/C11H18N2O/c1-8(14-3)7-13-11-6-4-5-10(12)9(11)2/h4-6,8,13H,7,12H2,1-3H3. The summed E-state index contributed by atoms with van der Waals surface area (Å²) in [6, 6.07) is 5.87. The van der Waals surface area contributed by atoms with E-state index in [2.05, 4.69) is 5.32 Å². The molecule has 0 saturated carbocycles. The van der Waals surface area contributed by atoms with Gasteiger partial charge in [0.05, 0.1) is 6.10 Å². The van der Waals surface area contributed by atoms with Crippen LogP contribution in [0, 0.1) is 6.92 Å². The van der Waals surface area contributed by atoms with E-state index in [9.17, 15) is 0 Å². The summed E-state index contributed by atoms with van der Waals surface area (Å²) in [5.41, 5.74) is 8.78. The molecule has 1 unspecified atom stereocenters. The van der Waals surface area contributed by atoms with Crippen molar-refractivity contribution >= 4 is 11.4 Å². The molecule has 78 valence electrons. The number of anilines is 2. The van der Waals surface area contributed by atoms with Gasteiger partial charge in [-0.15, -0.1) is 0 Å². The molecule has 0 saturated heterocycles. The fourth-order valence-electron chi connectivity index (χ4n) is 1.18. The van der Waals surface area contributed by atoms with Crippen LogP contribution in [0.2, 0.25) is 0 Å². The van der Waals surface area contributed by atoms with Crippen molar-refractivity contribution in [1.82, 2.24) is 0 Å². The molecule has 14 heavy (non-hydrogen) atoms. The summed E-state index contributed by atoms with van der Waals surface area (Å²) in [7, 11) is 1.71. The molecule has 1 rings (SSSR count). The molecule has 0 aliphatic carbocycles. The highest BCUT2D eigenvalue weighted by Gasteiger charge is 2.02. The van der Waals surface area contributed by atoms with Gasteiger partial charge in [0.15, 0.2) is 0 Å². The Hall–Kier alpha value is -1.22. The third-order valence-electron chi connectivity index (χ3n) is 2.36. The molecule has 0 fully saturated rings. The summed E-state index contributed by atoms with van der Waals surface area (Å²) >= 11 is 0. The molecule has 0 aliphatic heterocycles. The molecule has 0 heterocycles. The fraction of sp³-hybridized carbons (Fsp3) is 0.455. The molecule has 0 spiro atoms. The Morgan fingerprint density at radius 1 is 1.50 bits per heavy atom. The lowest BCUT2D eigenvalue weighted by Crippen LogP contribution is -2.18. The highest BCUT2D eigenvalue weighted by molar-refractivity contribution is 5.62. The smallest absolute Gasteiger partial charge is 0.0715 e. The van der Waals surface area contributed by atoms with Crippen molar-refractivity contribution in [2.75, 3.05) is 24.7 Å². The Bertz CT molecular complexity index is 299. The summed E-state index contributed by atoms with van der Waals surface area (Å²) in [6.07, 6.45) is 0.204. The molecule has 3 N–H and O–H groups in total. The molecule has 0 aliphatic rings. The van der Waals surface area contributed by atoms with E-state index in [1.165, 1.54) is 0 Å². The van der Waals surface area contributed by atoms with E-state index in [0.717, 1.165) is 23.5 Å². The van der Waals surface area contributed by atoms with Crippen molar-refractivity contribution in [3.8, 4) is 0 Å². The Morgan fingerprint density at radius 2 is 2.21 bits per heavy atom. The second-order valence-electron chi connectivity index (χ2n) is 3.45. The number of methoxy groups -OCH3 is 1. The van der Waals surface area contributed by atoms with Crippen molar-refractivity contribution in [2.24, 2.45) is 0 Å². The minimum absolute atomic E-state index is 0.204. The van der Waals surface area contributed by atoms with Crippen LogP contribution in [0.3, 0.4) is 0 Å². The van der Waals surface area contributed by atoms with Crippen LogP contribution in [0.1, 0.15) is 12.5 Å². The number of benzene rings is 1. The van der Waals surface area contributed by atoms with Crippen LogP contribution in [0.5, 0.6) is 0 Å². The van der Waals surface area contributed by atoms with E-state index >= 15 is 0 Å². The topological polar surface area (TPSA) is 47.3 Å². The van der Waals surface area contributed by atoms with Crippen LogP contribution in [0.25, 0.3) is 0 Å². The minimum Gasteiger partial charge on any atom is -0.398 e. The molecule has 1 aromatic rings. The number of nitrogens with one attached hydrogen (secondary N) is 1. The summed E-state index contributed by atoms with van der Waals surface area (Å²) in [5.74, 6) is 0. The van der Waals surface area contributed by atoms with Crippen molar-refractivity contribution in [2.45, 2.75) is 20.0 Å². The van der Waals surface area contributed by atoms with Gasteiger partial charge < -0.3 is 15.8 Å². The SMILES string of the molecule is COC(C)CNc1cccc(N)c1C. The minimum atomic E-state index is 0.204. The lowest BCUT2D eigenvalue weighted by Gasteiger charge is -2.14. The van der Waals surface area contributed by atoms with Crippen LogP contribution in [0.4, 0.5) is 11.4 Å². The normalized spacial score (nSPS) is 12.5. The fourth-order valence-corrected chi connectivity index (χ4v) is 1.18. The predicted molar refractivity (Wildman–Crippen MR) is 60.6 cm³/mol. The van der Waals surface area contributed by atoms with Gasteiger partial charge in [0.1, 0.15) is 0 Å². The first-order valence-corrected chi connectivity index (χ1v) is 4.77. The molecule has 3 heteroatoms. The van der Waals surface area contributed by atoms with Gasteiger partial charge in [-0.2, -0.15) is 0 Å². The maximum Gasteiger partial charge on any atom is 0.0715 e. The zero-order chi connectivity index (χ0) is 10.6. The van der Waals surface area contributed by atoms with E-state index < -0.39 is 0 Å². The average molecular weight is 194 g/mol. The predicted octanol–water partition coefficient (Wildman–Crippen LogP) is 2.02. The summed E-state index contributed by atoms with van der Waals surface area (Å²) in [6.45, 7) is 4.82. The van der Waals surface area contributed by atoms with E-state index in [1.807, 2.05) is 32.0 Å². The van der Waals surface area contributed by atoms with E-state index in [1.54, 1.807) is 7.11 Å². The Balaban J connectivity index is 2.63. The summed E-state index contributed by atoms with van der Waals surface area (Å²) in [4.78, 5) is 0. The third kappa shape index (κ3) is 2.64. The number of hydrogen-bond acceptors (Lipinski definition) is 3. The highest BCUT2D eigenvalue weighted by Crippen LogP contribution is 2.20. The van der Waals surface area contributed by atoms with Gasteiger partial charge in [-0.3, -0.25) is 0 Å². The molecular formula is C11H18N2O. The van der Waals surface area contributed by atoms with E-state index in [0.29, 0.717) is 0 Å². The Kier molecular flexibility index (Phi) is 3.77. The number of hydrogen-bond donors (Lipinski definition) is 2. The maximum absolute atomic E-state index is 5.79. The second kappa shape index (κ2) is 4.86. The van der Waals surface area contributed by atoms with Gasteiger partial charge in [0.2, 0.25) is 0 Å². The zero-order valence-electron chi connectivity index (χ0n) is 9.00. The van der Waals surface area contributed by atoms with Crippen LogP contribution in [-0.2, 0) is 4.74 Å². The first-order valence-electron chi connectivity index (χ1n) is 4.77. The van der Waals surface area contributed by atoms with Crippen LogP contribution in [-0.4, -0.2) is 19.8 Å². The molecule has 0 bridgehead atoms. The largest absolute Gasteiger partial charge is 0.398 e. The van der Waals surface area contributed by atoms with Crippen LogP contribution < -0.4 is 11.1 Å². The number of nitrogens with two attached hydrogens (primary N) is 1. The Morgan fingerprint density at radius 3 is 2.86 bits per heavy atom. The molecule has 0 amide bonds. The van der Waals surface area contributed by atoms with Gasteiger partial charge in [-0.1, -0.05) is 6.07 Å². The maximum atomic E-state index is 5.79. The van der Waals surface area contributed by atoms with Gasteiger partial charge in [0.25, 0.3) is 0 Å². The molecule has 3 nitrogen and oxygen atoms in total. The first-order chi connectivity index (χ1) is 6.65. The van der Waals surface area contributed by atoms with Gasteiger partial charge in [0, 0.05) is 25.0 Å². The summed E-state index contributed by atoms with van der Waals surface area (Å²) in [5, 5.41) is 3.30. The number of rotatable bonds is 4. The van der Waals surface area contributed by atoms with Gasteiger partial charge >= 0.3 is 0 Å². The molecule has 1 aromatic carbocycles. The lowest BCUT2D eigenvalue weighted by molar-refractivity contribution is 0.129. The highest BCUT2D eigenvalue weighted by atomic mass is 16.5. The zero-order valence-corrected chi connectivity index (χ0v) is 9.00. The van der Waals surface area contributed by atoms with Crippen molar-refractivity contribution in [3.05, 3.63) is 23.8 Å². The van der Waals surface area contributed by atoms with Crippen LogP contribution >= 0.6 is 0 Å². The first kappa shape index (κ1) is 10.9. The van der Waals surface area contributed by atoms with Crippen molar-refractivity contribution in [1.29, 1.82) is 0 Å². The number of nitrogen functional groups attached to an aromatic ring is 1. The summed E-state index contributed by atoms with van der Waals surface area (Å²) < 4.78 is 5.15. The molecule has 0 aromatic heterocycles.